The number of rotatable bonds is 6. The summed E-state index contributed by atoms with van der Waals surface area (Å²) in [6.07, 6.45) is 1.86. The van der Waals surface area contributed by atoms with Crippen molar-refractivity contribution in [1.82, 2.24) is 30.8 Å². The van der Waals surface area contributed by atoms with Gasteiger partial charge in [-0.15, -0.1) is 20.4 Å². The fraction of sp³-hybridized carbons (Fsp3) is 0.118. The highest BCUT2D eigenvalue weighted by Gasteiger charge is 2.06. The van der Waals surface area contributed by atoms with Crippen molar-refractivity contribution in [2.75, 3.05) is 5.32 Å². The van der Waals surface area contributed by atoms with E-state index in [1.54, 1.807) is 11.3 Å². The molecule has 0 saturated heterocycles. The van der Waals surface area contributed by atoms with Crippen molar-refractivity contribution in [2.24, 2.45) is 0 Å². The van der Waals surface area contributed by atoms with Gasteiger partial charge in [0, 0.05) is 17.7 Å². The van der Waals surface area contributed by atoms with E-state index in [-0.39, 0.29) is 0 Å². The third-order valence-electron chi connectivity index (χ3n) is 3.68. The molecule has 0 radical (unpaired) electrons. The van der Waals surface area contributed by atoms with Crippen LogP contribution < -0.4 is 5.32 Å². The smallest absolute Gasteiger partial charge is 0.210 e. The Labute approximate surface area is 148 Å². The molecule has 0 fully saturated rings. The summed E-state index contributed by atoms with van der Waals surface area (Å²) in [6.45, 7) is 0. The van der Waals surface area contributed by atoms with Crippen molar-refractivity contribution in [3.8, 4) is 11.4 Å². The number of aromatic nitrogens is 6. The molecule has 4 rings (SSSR count). The van der Waals surface area contributed by atoms with E-state index in [1.165, 1.54) is 5.56 Å². The molecule has 0 amide bonds. The van der Waals surface area contributed by atoms with Crippen LogP contribution in [0.1, 0.15) is 10.6 Å². The Hall–Kier alpha value is -3.13. The maximum atomic E-state index is 4.26. The Kier molecular flexibility index (Phi) is 4.42. The number of hydrogen-bond acceptors (Lipinski definition) is 7. The predicted molar refractivity (Wildman–Crippen MR) is 96.7 cm³/mol. The van der Waals surface area contributed by atoms with E-state index in [0.717, 1.165) is 34.2 Å². The van der Waals surface area contributed by atoms with E-state index in [4.69, 9.17) is 0 Å². The van der Waals surface area contributed by atoms with Gasteiger partial charge < -0.3 is 5.32 Å². The summed E-state index contributed by atoms with van der Waals surface area (Å²) in [5.41, 5.74) is 3.15. The number of H-pyrrole nitrogens is 1. The van der Waals surface area contributed by atoms with Gasteiger partial charge in [-0.3, -0.25) is 0 Å². The summed E-state index contributed by atoms with van der Waals surface area (Å²) in [4.78, 5) is 0. The first-order valence-electron chi connectivity index (χ1n) is 7.84. The summed E-state index contributed by atoms with van der Waals surface area (Å²) in [5, 5.41) is 27.5. The van der Waals surface area contributed by atoms with Gasteiger partial charge in [0.1, 0.15) is 5.01 Å². The fourth-order valence-corrected chi connectivity index (χ4v) is 3.17. The molecule has 0 bridgehead atoms. The lowest BCUT2D eigenvalue weighted by atomic mass is 10.1. The summed E-state index contributed by atoms with van der Waals surface area (Å²) < 4.78 is 0. The van der Waals surface area contributed by atoms with E-state index in [0.29, 0.717) is 5.82 Å². The van der Waals surface area contributed by atoms with E-state index >= 15 is 0 Å². The first-order valence-corrected chi connectivity index (χ1v) is 8.66. The zero-order valence-corrected chi connectivity index (χ0v) is 14.1. The minimum Gasteiger partial charge on any atom is -0.330 e. The quantitative estimate of drug-likeness (QED) is 0.555. The van der Waals surface area contributed by atoms with Crippen LogP contribution in [0.3, 0.4) is 0 Å². The molecule has 8 heteroatoms. The van der Waals surface area contributed by atoms with Crippen molar-refractivity contribution in [3.05, 3.63) is 65.2 Å². The number of tetrazole rings is 1. The summed E-state index contributed by atoms with van der Waals surface area (Å²) in [6, 6.07) is 18.2. The number of aromatic amines is 1. The van der Waals surface area contributed by atoms with Gasteiger partial charge in [-0.2, -0.15) is 5.21 Å². The molecule has 0 spiro atoms. The lowest BCUT2D eigenvalue weighted by Gasteiger charge is -2.02. The SMILES string of the molecule is c1ccc(CCc2nnc(Nc3ccc(-c4nn[nH]n4)cc3)s2)cc1. The van der Waals surface area contributed by atoms with Crippen LogP contribution >= 0.6 is 11.3 Å². The Morgan fingerprint density at radius 1 is 0.880 bits per heavy atom. The molecule has 2 heterocycles. The summed E-state index contributed by atoms with van der Waals surface area (Å²) in [7, 11) is 0. The second-order valence-corrected chi connectivity index (χ2v) is 6.49. The molecular formula is C17H15N7S. The first-order chi connectivity index (χ1) is 12.4. The van der Waals surface area contributed by atoms with Crippen LogP contribution in [0.25, 0.3) is 11.4 Å². The third kappa shape index (κ3) is 3.86. The highest BCUT2D eigenvalue weighted by molar-refractivity contribution is 7.15. The Morgan fingerprint density at radius 2 is 1.72 bits per heavy atom. The first kappa shape index (κ1) is 15.4. The van der Waals surface area contributed by atoms with E-state index in [1.807, 2.05) is 30.3 Å². The lowest BCUT2D eigenvalue weighted by molar-refractivity contribution is 0.881. The molecule has 4 aromatic rings. The van der Waals surface area contributed by atoms with Crippen LogP contribution in [-0.2, 0) is 12.8 Å². The highest BCUT2D eigenvalue weighted by atomic mass is 32.1. The molecule has 7 nitrogen and oxygen atoms in total. The van der Waals surface area contributed by atoms with E-state index in [2.05, 4.69) is 60.4 Å². The number of nitrogens with zero attached hydrogens (tertiary/aromatic N) is 5. The highest BCUT2D eigenvalue weighted by Crippen LogP contribution is 2.23. The van der Waals surface area contributed by atoms with Crippen molar-refractivity contribution in [2.45, 2.75) is 12.8 Å². The van der Waals surface area contributed by atoms with Gasteiger partial charge in [0.15, 0.2) is 0 Å². The van der Waals surface area contributed by atoms with Gasteiger partial charge in [0.2, 0.25) is 11.0 Å². The molecule has 2 aromatic carbocycles. The summed E-state index contributed by atoms with van der Waals surface area (Å²) >= 11 is 1.58. The minimum atomic E-state index is 0.575. The lowest BCUT2D eigenvalue weighted by Crippen LogP contribution is -1.90. The molecule has 0 aliphatic heterocycles. The van der Waals surface area contributed by atoms with Gasteiger partial charge in [-0.25, -0.2) is 0 Å². The molecule has 0 aliphatic carbocycles. The molecule has 2 N–H and O–H groups in total. The van der Waals surface area contributed by atoms with Gasteiger partial charge in [-0.05, 0) is 41.5 Å². The fourth-order valence-electron chi connectivity index (χ4n) is 2.41. The van der Waals surface area contributed by atoms with Gasteiger partial charge in [0.25, 0.3) is 0 Å². The monoisotopic (exact) mass is 349 g/mol. The van der Waals surface area contributed by atoms with Crippen LogP contribution in [0.4, 0.5) is 10.8 Å². The van der Waals surface area contributed by atoms with Crippen LogP contribution in [0.2, 0.25) is 0 Å². The van der Waals surface area contributed by atoms with E-state index in [9.17, 15) is 0 Å². The second-order valence-electron chi connectivity index (χ2n) is 5.42. The average Bonchev–Trinajstić information content (AvgIpc) is 3.34. The molecule has 0 aliphatic rings. The molecule has 0 saturated carbocycles. The normalized spacial score (nSPS) is 10.7. The zero-order chi connectivity index (χ0) is 16.9. The van der Waals surface area contributed by atoms with Crippen molar-refractivity contribution < 1.29 is 0 Å². The van der Waals surface area contributed by atoms with Crippen LogP contribution in [0.15, 0.2) is 54.6 Å². The summed E-state index contributed by atoms with van der Waals surface area (Å²) in [5.74, 6) is 0.575. The molecule has 0 atom stereocenters. The molecule has 2 aromatic heterocycles. The largest absolute Gasteiger partial charge is 0.330 e. The predicted octanol–water partition coefficient (Wildman–Crippen LogP) is 3.25. The average molecular weight is 349 g/mol. The zero-order valence-electron chi connectivity index (χ0n) is 13.3. The maximum absolute atomic E-state index is 4.26. The van der Waals surface area contributed by atoms with E-state index < -0.39 is 0 Å². The standard InChI is InChI=1S/C17H15N7S/c1-2-4-12(5-3-1)6-11-15-19-22-17(25-15)18-14-9-7-13(8-10-14)16-20-23-24-21-16/h1-5,7-10H,6,11H2,(H,18,22)(H,20,21,23,24). The van der Waals surface area contributed by atoms with Crippen LogP contribution in [-0.4, -0.2) is 30.8 Å². The molecule has 25 heavy (non-hydrogen) atoms. The van der Waals surface area contributed by atoms with Gasteiger partial charge >= 0.3 is 0 Å². The van der Waals surface area contributed by atoms with Gasteiger partial charge in [0.05, 0.1) is 0 Å². The number of benzene rings is 2. The Morgan fingerprint density at radius 3 is 2.48 bits per heavy atom. The minimum absolute atomic E-state index is 0.575. The Bertz CT molecular complexity index is 917. The van der Waals surface area contributed by atoms with Crippen molar-refractivity contribution >= 4 is 22.2 Å². The number of aryl methyl sites for hydroxylation is 2. The molecule has 0 unspecified atom stereocenters. The Balaban J connectivity index is 1.37. The molecule has 124 valence electrons. The number of anilines is 2. The number of nitrogens with one attached hydrogen (secondary N) is 2. The second kappa shape index (κ2) is 7.18. The van der Waals surface area contributed by atoms with Crippen LogP contribution in [0.5, 0.6) is 0 Å². The topological polar surface area (TPSA) is 92.3 Å². The number of hydrogen-bond donors (Lipinski definition) is 2. The van der Waals surface area contributed by atoms with Crippen molar-refractivity contribution in [1.29, 1.82) is 0 Å². The van der Waals surface area contributed by atoms with Crippen LogP contribution in [0, 0.1) is 0 Å². The maximum Gasteiger partial charge on any atom is 0.210 e. The van der Waals surface area contributed by atoms with Crippen molar-refractivity contribution in [3.63, 3.8) is 0 Å². The molecular weight excluding hydrogens is 334 g/mol. The third-order valence-corrected chi connectivity index (χ3v) is 4.58. The van der Waals surface area contributed by atoms with Gasteiger partial charge in [-0.1, -0.05) is 41.7 Å².